The Kier molecular flexibility index (Phi) is 9.21. The monoisotopic (exact) mass is 410 g/mol. The van der Waals surface area contributed by atoms with Crippen molar-refractivity contribution in [3.05, 3.63) is 70.3 Å². The molecule has 0 heterocycles. The van der Waals surface area contributed by atoms with Gasteiger partial charge in [-0.15, -0.1) is 0 Å². The van der Waals surface area contributed by atoms with E-state index in [2.05, 4.69) is 17.6 Å². The van der Waals surface area contributed by atoms with Crippen LogP contribution in [0.2, 0.25) is 0 Å². The second-order valence-electron chi connectivity index (χ2n) is 7.80. The minimum absolute atomic E-state index is 0.0479. The van der Waals surface area contributed by atoms with Crippen molar-refractivity contribution in [1.82, 2.24) is 10.6 Å². The first kappa shape index (κ1) is 23.8. The molecule has 0 aliphatic carbocycles. The van der Waals surface area contributed by atoms with Crippen LogP contribution in [-0.4, -0.2) is 36.4 Å². The number of hydrogen-bond donors (Lipinski definition) is 3. The van der Waals surface area contributed by atoms with E-state index >= 15 is 0 Å². The van der Waals surface area contributed by atoms with Crippen LogP contribution in [0.4, 0.5) is 0 Å². The summed E-state index contributed by atoms with van der Waals surface area (Å²) in [6, 6.07) is 13.2. The number of carbonyl (C=O) groups is 2. The van der Waals surface area contributed by atoms with E-state index in [0.717, 1.165) is 29.5 Å². The highest BCUT2D eigenvalue weighted by Crippen LogP contribution is 2.25. The molecule has 5 nitrogen and oxygen atoms in total. The molecule has 162 valence electrons. The summed E-state index contributed by atoms with van der Waals surface area (Å²) in [5.74, 6) is -0.0894. The SMILES string of the molecule is CCCNC(=O)c1ccc(C(CC)CNCC(O)c2ccc(C)cc2)c(C(C)=O)c1. The number of benzene rings is 2. The Bertz CT molecular complexity index is 846. The highest BCUT2D eigenvalue weighted by molar-refractivity contribution is 6.00. The zero-order valence-corrected chi connectivity index (χ0v) is 18.5. The first-order chi connectivity index (χ1) is 14.4. The van der Waals surface area contributed by atoms with E-state index in [4.69, 9.17) is 0 Å². The topological polar surface area (TPSA) is 78.4 Å². The van der Waals surface area contributed by atoms with Crippen molar-refractivity contribution in [3.63, 3.8) is 0 Å². The van der Waals surface area contributed by atoms with Gasteiger partial charge in [0, 0.05) is 30.8 Å². The molecule has 0 spiro atoms. The number of aliphatic hydroxyl groups is 1. The molecule has 0 saturated carbocycles. The van der Waals surface area contributed by atoms with Crippen molar-refractivity contribution in [1.29, 1.82) is 0 Å². The predicted octanol–water partition coefficient (Wildman–Crippen LogP) is 4.15. The Morgan fingerprint density at radius 2 is 1.73 bits per heavy atom. The Balaban J connectivity index is 2.08. The summed E-state index contributed by atoms with van der Waals surface area (Å²) in [6.45, 7) is 9.32. The molecule has 0 radical (unpaired) electrons. The molecule has 0 bridgehead atoms. The van der Waals surface area contributed by atoms with Crippen molar-refractivity contribution in [2.24, 2.45) is 0 Å². The summed E-state index contributed by atoms with van der Waals surface area (Å²) >= 11 is 0. The summed E-state index contributed by atoms with van der Waals surface area (Å²) in [7, 11) is 0. The van der Waals surface area contributed by atoms with Gasteiger partial charge in [0.1, 0.15) is 0 Å². The fourth-order valence-corrected chi connectivity index (χ4v) is 3.47. The van der Waals surface area contributed by atoms with Crippen molar-refractivity contribution >= 4 is 11.7 Å². The number of rotatable bonds is 11. The van der Waals surface area contributed by atoms with Gasteiger partial charge in [-0.3, -0.25) is 9.59 Å². The minimum Gasteiger partial charge on any atom is -0.387 e. The van der Waals surface area contributed by atoms with Crippen LogP contribution in [0.25, 0.3) is 0 Å². The number of aryl methyl sites for hydroxylation is 1. The van der Waals surface area contributed by atoms with E-state index in [1.165, 1.54) is 6.92 Å². The van der Waals surface area contributed by atoms with Crippen molar-refractivity contribution < 1.29 is 14.7 Å². The molecule has 2 unspecified atom stereocenters. The molecule has 2 aromatic carbocycles. The average Bonchev–Trinajstić information content (AvgIpc) is 2.75. The van der Waals surface area contributed by atoms with Gasteiger partial charge < -0.3 is 15.7 Å². The summed E-state index contributed by atoms with van der Waals surface area (Å²) in [6.07, 6.45) is 1.12. The van der Waals surface area contributed by atoms with E-state index < -0.39 is 6.10 Å². The molecule has 2 aromatic rings. The molecular weight excluding hydrogens is 376 g/mol. The van der Waals surface area contributed by atoms with Gasteiger partial charge in [0.25, 0.3) is 5.91 Å². The van der Waals surface area contributed by atoms with E-state index in [9.17, 15) is 14.7 Å². The average molecular weight is 411 g/mol. The molecule has 5 heteroatoms. The van der Waals surface area contributed by atoms with Crippen LogP contribution >= 0.6 is 0 Å². The summed E-state index contributed by atoms with van der Waals surface area (Å²) in [5.41, 5.74) is 4.08. The van der Waals surface area contributed by atoms with E-state index in [0.29, 0.717) is 30.8 Å². The molecule has 3 N–H and O–H groups in total. The molecule has 0 fully saturated rings. The number of ketones is 1. The van der Waals surface area contributed by atoms with Gasteiger partial charge in [-0.25, -0.2) is 0 Å². The second-order valence-corrected chi connectivity index (χ2v) is 7.80. The maximum absolute atomic E-state index is 12.3. The van der Waals surface area contributed by atoms with Crippen LogP contribution in [0.5, 0.6) is 0 Å². The first-order valence-corrected chi connectivity index (χ1v) is 10.8. The molecule has 0 aliphatic rings. The summed E-state index contributed by atoms with van der Waals surface area (Å²) < 4.78 is 0. The van der Waals surface area contributed by atoms with Gasteiger partial charge in [0.2, 0.25) is 0 Å². The van der Waals surface area contributed by atoms with Crippen LogP contribution in [-0.2, 0) is 0 Å². The van der Waals surface area contributed by atoms with E-state index in [1.54, 1.807) is 12.1 Å². The van der Waals surface area contributed by atoms with Crippen LogP contribution in [0.15, 0.2) is 42.5 Å². The lowest BCUT2D eigenvalue weighted by Gasteiger charge is -2.21. The molecule has 0 aliphatic heterocycles. The largest absolute Gasteiger partial charge is 0.387 e. The zero-order valence-electron chi connectivity index (χ0n) is 18.5. The second kappa shape index (κ2) is 11.6. The van der Waals surface area contributed by atoms with Crippen molar-refractivity contribution in [2.75, 3.05) is 19.6 Å². The number of Topliss-reactive ketones (excluding diaryl/α,β-unsaturated/α-hetero) is 1. The van der Waals surface area contributed by atoms with Crippen molar-refractivity contribution in [3.8, 4) is 0 Å². The summed E-state index contributed by atoms with van der Waals surface area (Å²) in [5, 5.41) is 16.6. The quantitative estimate of drug-likeness (QED) is 0.486. The standard InChI is InChI=1S/C25H34N2O3/c1-5-13-27-25(30)21-11-12-22(23(14-21)18(4)28)19(6-2)15-26-16-24(29)20-9-7-17(3)8-10-20/h7-12,14,19,24,26,29H,5-6,13,15-16H2,1-4H3,(H,27,30). The smallest absolute Gasteiger partial charge is 0.251 e. The number of hydrogen-bond acceptors (Lipinski definition) is 4. The van der Waals surface area contributed by atoms with Crippen LogP contribution < -0.4 is 10.6 Å². The van der Waals surface area contributed by atoms with E-state index in [1.807, 2.05) is 44.2 Å². The number of nitrogens with one attached hydrogen (secondary N) is 2. The molecule has 30 heavy (non-hydrogen) atoms. The predicted molar refractivity (Wildman–Crippen MR) is 121 cm³/mol. The van der Waals surface area contributed by atoms with Crippen molar-refractivity contribution in [2.45, 2.75) is 52.6 Å². The lowest BCUT2D eigenvalue weighted by atomic mass is 9.89. The lowest BCUT2D eigenvalue weighted by molar-refractivity contribution is 0.0953. The molecular formula is C25H34N2O3. The molecule has 1 amide bonds. The molecule has 2 atom stereocenters. The number of carbonyl (C=O) groups excluding carboxylic acids is 2. The maximum atomic E-state index is 12.3. The highest BCUT2D eigenvalue weighted by Gasteiger charge is 2.19. The fraction of sp³-hybridized carbons (Fsp3) is 0.440. The van der Waals surface area contributed by atoms with Crippen LogP contribution in [0, 0.1) is 6.92 Å². The van der Waals surface area contributed by atoms with Gasteiger partial charge in [-0.1, -0.05) is 49.7 Å². The lowest BCUT2D eigenvalue weighted by Crippen LogP contribution is -2.27. The Hall–Kier alpha value is -2.50. The third kappa shape index (κ3) is 6.51. The van der Waals surface area contributed by atoms with Gasteiger partial charge in [-0.2, -0.15) is 0 Å². The van der Waals surface area contributed by atoms with Gasteiger partial charge in [0.15, 0.2) is 5.78 Å². The third-order valence-electron chi connectivity index (χ3n) is 5.35. The van der Waals surface area contributed by atoms with E-state index in [-0.39, 0.29) is 17.6 Å². The summed E-state index contributed by atoms with van der Waals surface area (Å²) in [4.78, 5) is 24.5. The fourth-order valence-electron chi connectivity index (χ4n) is 3.47. The Morgan fingerprint density at radius 3 is 2.33 bits per heavy atom. The van der Waals surface area contributed by atoms with Gasteiger partial charge in [0.05, 0.1) is 6.10 Å². The zero-order chi connectivity index (χ0) is 22.1. The number of amides is 1. The normalized spacial score (nSPS) is 13.0. The maximum Gasteiger partial charge on any atom is 0.251 e. The molecule has 2 rings (SSSR count). The van der Waals surface area contributed by atoms with Crippen LogP contribution in [0.3, 0.4) is 0 Å². The molecule has 0 aromatic heterocycles. The molecule has 0 saturated heterocycles. The minimum atomic E-state index is -0.583. The van der Waals surface area contributed by atoms with Gasteiger partial charge >= 0.3 is 0 Å². The Morgan fingerprint density at radius 1 is 1.03 bits per heavy atom. The van der Waals surface area contributed by atoms with Crippen LogP contribution in [0.1, 0.15) is 83.0 Å². The highest BCUT2D eigenvalue weighted by atomic mass is 16.3. The first-order valence-electron chi connectivity index (χ1n) is 10.8. The number of aliphatic hydroxyl groups excluding tert-OH is 1. The van der Waals surface area contributed by atoms with Gasteiger partial charge in [-0.05, 0) is 55.9 Å². The third-order valence-corrected chi connectivity index (χ3v) is 5.35. The Labute approximate surface area is 179 Å².